The smallest absolute Gasteiger partial charge is 0.228 e. The van der Waals surface area contributed by atoms with Crippen LogP contribution in [0, 0.1) is 11.8 Å². The lowest BCUT2D eigenvalue weighted by atomic mass is 10.1. The van der Waals surface area contributed by atoms with Gasteiger partial charge in [0.1, 0.15) is 13.2 Å². The topological polar surface area (TPSA) is 76.7 Å². The van der Waals surface area contributed by atoms with Crippen molar-refractivity contribution in [2.24, 2.45) is 11.8 Å². The molecule has 1 saturated carbocycles. The molecule has 0 spiro atoms. The standard InChI is InChI=1S/C22H24N2O4/c25-21(23-10-4-7-15-5-2-1-3-6-15)17-14-18(17)22(26)24-16-8-9-19-20(13-16)28-12-11-27-19/h1-3,5-6,8-9,13,17-18H,4,7,10-12,14H2,(H,23,25)(H,24,26). The minimum Gasteiger partial charge on any atom is -0.486 e. The van der Waals surface area contributed by atoms with Gasteiger partial charge in [0.2, 0.25) is 11.8 Å². The predicted molar refractivity (Wildman–Crippen MR) is 105 cm³/mol. The number of benzene rings is 2. The number of ether oxygens (including phenoxy) is 2. The van der Waals surface area contributed by atoms with Gasteiger partial charge in [0.15, 0.2) is 11.5 Å². The number of rotatable bonds is 7. The van der Waals surface area contributed by atoms with Crippen molar-refractivity contribution in [3.05, 3.63) is 54.1 Å². The summed E-state index contributed by atoms with van der Waals surface area (Å²) < 4.78 is 11.0. The Morgan fingerprint density at radius 2 is 1.68 bits per heavy atom. The lowest BCUT2D eigenvalue weighted by molar-refractivity contribution is -0.125. The summed E-state index contributed by atoms with van der Waals surface area (Å²) in [5, 5.41) is 5.82. The van der Waals surface area contributed by atoms with Gasteiger partial charge in [-0.25, -0.2) is 0 Å². The van der Waals surface area contributed by atoms with Crippen molar-refractivity contribution in [3.63, 3.8) is 0 Å². The monoisotopic (exact) mass is 380 g/mol. The molecule has 4 rings (SSSR count). The van der Waals surface area contributed by atoms with Crippen molar-refractivity contribution in [1.29, 1.82) is 0 Å². The Morgan fingerprint density at radius 3 is 2.50 bits per heavy atom. The SMILES string of the molecule is O=C(NCCCc1ccccc1)C1CC1C(=O)Nc1ccc2c(c1)OCCO2. The molecule has 0 bridgehead atoms. The van der Waals surface area contributed by atoms with Gasteiger partial charge in [0.05, 0.1) is 11.8 Å². The van der Waals surface area contributed by atoms with E-state index in [4.69, 9.17) is 9.47 Å². The van der Waals surface area contributed by atoms with E-state index < -0.39 is 0 Å². The van der Waals surface area contributed by atoms with Crippen molar-refractivity contribution >= 4 is 17.5 Å². The first-order chi connectivity index (χ1) is 13.7. The van der Waals surface area contributed by atoms with E-state index in [2.05, 4.69) is 22.8 Å². The van der Waals surface area contributed by atoms with Crippen molar-refractivity contribution in [2.45, 2.75) is 19.3 Å². The lowest BCUT2D eigenvalue weighted by Gasteiger charge is -2.19. The highest BCUT2D eigenvalue weighted by atomic mass is 16.6. The van der Waals surface area contributed by atoms with Gasteiger partial charge in [-0.3, -0.25) is 9.59 Å². The molecule has 2 aliphatic rings. The first-order valence-corrected chi connectivity index (χ1v) is 9.73. The van der Waals surface area contributed by atoms with Gasteiger partial charge in [-0.15, -0.1) is 0 Å². The molecule has 1 heterocycles. The van der Waals surface area contributed by atoms with Gasteiger partial charge in [-0.1, -0.05) is 30.3 Å². The molecule has 2 aromatic rings. The molecule has 28 heavy (non-hydrogen) atoms. The highest BCUT2D eigenvalue weighted by molar-refractivity contribution is 5.99. The van der Waals surface area contributed by atoms with Gasteiger partial charge in [0.25, 0.3) is 0 Å². The number of carbonyl (C=O) groups is 2. The molecule has 1 fully saturated rings. The second-order valence-electron chi connectivity index (χ2n) is 7.18. The average Bonchev–Trinajstić information content (AvgIpc) is 3.53. The Kier molecular flexibility index (Phi) is 5.46. The van der Waals surface area contributed by atoms with Crippen LogP contribution in [0.1, 0.15) is 18.4 Å². The van der Waals surface area contributed by atoms with Gasteiger partial charge >= 0.3 is 0 Å². The molecule has 0 aromatic heterocycles. The van der Waals surface area contributed by atoms with Crippen LogP contribution < -0.4 is 20.1 Å². The zero-order valence-corrected chi connectivity index (χ0v) is 15.6. The minimum atomic E-state index is -0.262. The van der Waals surface area contributed by atoms with E-state index in [9.17, 15) is 9.59 Å². The quantitative estimate of drug-likeness (QED) is 0.724. The summed E-state index contributed by atoms with van der Waals surface area (Å²) >= 11 is 0. The maximum Gasteiger partial charge on any atom is 0.228 e. The highest BCUT2D eigenvalue weighted by Crippen LogP contribution is 2.40. The van der Waals surface area contributed by atoms with Crippen LogP contribution in [0.4, 0.5) is 5.69 Å². The van der Waals surface area contributed by atoms with Crippen LogP contribution in [0.15, 0.2) is 48.5 Å². The zero-order chi connectivity index (χ0) is 19.3. The van der Waals surface area contributed by atoms with Crippen LogP contribution in [0.2, 0.25) is 0 Å². The Balaban J connectivity index is 1.20. The number of carbonyl (C=O) groups excluding carboxylic acids is 2. The lowest BCUT2D eigenvalue weighted by Crippen LogP contribution is -2.28. The molecule has 146 valence electrons. The third kappa shape index (κ3) is 4.44. The molecule has 1 aliphatic carbocycles. The number of hydrogen-bond acceptors (Lipinski definition) is 4. The number of aryl methyl sites for hydroxylation is 1. The second kappa shape index (κ2) is 8.33. The number of hydrogen-bond donors (Lipinski definition) is 2. The third-order valence-corrected chi connectivity index (χ3v) is 5.06. The number of anilines is 1. The van der Waals surface area contributed by atoms with Crippen molar-refractivity contribution in [3.8, 4) is 11.5 Å². The van der Waals surface area contributed by atoms with Gasteiger partial charge in [-0.2, -0.15) is 0 Å². The van der Waals surface area contributed by atoms with E-state index in [1.165, 1.54) is 5.56 Å². The molecule has 2 unspecified atom stereocenters. The molecule has 2 amide bonds. The van der Waals surface area contributed by atoms with Crippen LogP contribution in [-0.4, -0.2) is 31.6 Å². The maximum atomic E-state index is 12.4. The predicted octanol–water partition coefficient (Wildman–Crippen LogP) is 2.78. The maximum absolute atomic E-state index is 12.4. The Bertz CT molecular complexity index is 853. The van der Waals surface area contributed by atoms with Crippen LogP contribution in [0.25, 0.3) is 0 Å². The largest absolute Gasteiger partial charge is 0.486 e. The van der Waals surface area contributed by atoms with Gasteiger partial charge in [-0.05, 0) is 37.0 Å². The molecule has 0 radical (unpaired) electrons. The molecule has 6 nitrogen and oxygen atoms in total. The number of fused-ring (bicyclic) bond motifs is 1. The van der Waals surface area contributed by atoms with Gasteiger partial charge in [0, 0.05) is 18.3 Å². The van der Waals surface area contributed by atoms with Crippen LogP contribution in [0.3, 0.4) is 0 Å². The summed E-state index contributed by atoms with van der Waals surface area (Å²) in [6.07, 6.45) is 2.41. The second-order valence-corrected chi connectivity index (χ2v) is 7.18. The molecule has 2 atom stereocenters. The molecule has 6 heteroatoms. The fourth-order valence-corrected chi connectivity index (χ4v) is 3.41. The van der Waals surface area contributed by atoms with Gasteiger partial charge < -0.3 is 20.1 Å². The highest BCUT2D eigenvalue weighted by Gasteiger charge is 2.47. The van der Waals surface area contributed by atoms with E-state index in [-0.39, 0.29) is 23.7 Å². The number of nitrogens with one attached hydrogen (secondary N) is 2. The fraction of sp³-hybridized carbons (Fsp3) is 0.364. The van der Waals surface area contributed by atoms with Crippen molar-refractivity contribution in [2.75, 3.05) is 25.1 Å². The summed E-state index contributed by atoms with van der Waals surface area (Å²) in [7, 11) is 0. The third-order valence-electron chi connectivity index (χ3n) is 5.06. The Morgan fingerprint density at radius 1 is 0.929 bits per heavy atom. The summed E-state index contributed by atoms with van der Waals surface area (Å²) in [6.45, 7) is 1.66. The first kappa shape index (κ1) is 18.3. The van der Waals surface area contributed by atoms with E-state index in [0.29, 0.717) is 43.4 Å². The molecule has 0 saturated heterocycles. The Labute approximate surface area is 164 Å². The summed E-state index contributed by atoms with van der Waals surface area (Å²) in [4.78, 5) is 24.7. The molecule has 2 aromatic carbocycles. The van der Waals surface area contributed by atoms with Crippen LogP contribution in [-0.2, 0) is 16.0 Å². The fourth-order valence-electron chi connectivity index (χ4n) is 3.41. The first-order valence-electron chi connectivity index (χ1n) is 9.73. The van der Waals surface area contributed by atoms with Crippen LogP contribution >= 0.6 is 0 Å². The average molecular weight is 380 g/mol. The van der Waals surface area contributed by atoms with E-state index in [1.54, 1.807) is 18.2 Å². The summed E-state index contributed by atoms with van der Waals surface area (Å²) in [6, 6.07) is 15.5. The van der Waals surface area contributed by atoms with E-state index in [0.717, 1.165) is 12.8 Å². The Hall–Kier alpha value is -3.02. The van der Waals surface area contributed by atoms with Crippen LogP contribution in [0.5, 0.6) is 11.5 Å². The zero-order valence-electron chi connectivity index (χ0n) is 15.6. The molecular weight excluding hydrogens is 356 g/mol. The number of amides is 2. The summed E-state index contributed by atoms with van der Waals surface area (Å²) in [5.41, 5.74) is 1.92. The summed E-state index contributed by atoms with van der Waals surface area (Å²) in [5.74, 6) is 0.670. The molecular formula is C22H24N2O4. The normalized spacial score (nSPS) is 19.6. The molecule has 1 aliphatic heterocycles. The minimum absolute atomic E-state index is 0.0321. The van der Waals surface area contributed by atoms with Crippen molar-refractivity contribution in [1.82, 2.24) is 5.32 Å². The molecule has 2 N–H and O–H groups in total. The van der Waals surface area contributed by atoms with E-state index in [1.807, 2.05) is 18.2 Å². The van der Waals surface area contributed by atoms with E-state index >= 15 is 0 Å². The van der Waals surface area contributed by atoms with Crippen molar-refractivity contribution < 1.29 is 19.1 Å².